The van der Waals surface area contributed by atoms with E-state index in [2.05, 4.69) is 20.0 Å². The number of thiazole rings is 1. The van der Waals surface area contributed by atoms with Crippen molar-refractivity contribution in [1.29, 1.82) is 0 Å². The number of morpholine rings is 1. The maximum Gasteiger partial charge on any atom is 0.246 e. The van der Waals surface area contributed by atoms with Gasteiger partial charge in [0, 0.05) is 29.7 Å². The number of nitrogen functional groups attached to an aromatic ring is 1. The van der Waals surface area contributed by atoms with Gasteiger partial charge >= 0.3 is 0 Å². The third kappa shape index (κ3) is 3.16. The standard InChI is InChI=1S/C16H17N5O2S/c17-16-18-8-12(24-16)9-21-6-7-22-10-13(21)15-19-14(20-23-15)11-4-2-1-3-5-11/h1-5,8,13H,6-7,9-10H2,(H2,17,18). The van der Waals surface area contributed by atoms with Crippen LogP contribution >= 0.6 is 11.3 Å². The lowest BCUT2D eigenvalue weighted by Crippen LogP contribution is -2.39. The van der Waals surface area contributed by atoms with Gasteiger partial charge in [0.15, 0.2) is 5.13 Å². The summed E-state index contributed by atoms with van der Waals surface area (Å²) in [5.41, 5.74) is 6.66. The summed E-state index contributed by atoms with van der Waals surface area (Å²) < 4.78 is 11.1. The van der Waals surface area contributed by atoms with E-state index < -0.39 is 0 Å². The number of nitrogens with two attached hydrogens (primary N) is 1. The predicted molar refractivity (Wildman–Crippen MR) is 90.2 cm³/mol. The first-order valence-electron chi connectivity index (χ1n) is 7.70. The van der Waals surface area contributed by atoms with Crippen LogP contribution in [0, 0.1) is 0 Å². The van der Waals surface area contributed by atoms with Crippen LogP contribution in [0.5, 0.6) is 0 Å². The molecule has 2 aromatic heterocycles. The Morgan fingerprint density at radius 2 is 2.17 bits per heavy atom. The third-order valence-corrected chi connectivity index (χ3v) is 4.74. The number of aromatic nitrogens is 3. The van der Waals surface area contributed by atoms with Crippen LogP contribution in [0.2, 0.25) is 0 Å². The number of ether oxygens (including phenoxy) is 1. The summed E-state index contributed by atoms with van der Waals surface area (Å²) in [5, 5.41) is 4.69. The van der Waals surface area contributed by atoms with Gasteiger partial charge in [0.2, 0.25) is 11.7 Å². The minimum absolute atomic E-state index is 0.0629. The van der Waals surface area contributed by atoms with Crippen molar-refractivity contribution < 1.29 is 9.26 Å². The largest absolute Gasteiger partial charge is 0.378 e. The molecule has 1 aliphatic heterocycles. The lowest BCUT2D eigenvalue weighted by molar-refractivity contribution is -0.0236. The van der Waals surface area contributed by atoms with Crippen molar-refractivity contribution in [2.45, 2.75) is 12.6 Å². The number of anilines is 1. The first-order chi connectivity index (χ1) is 11.8. The average Bonchev–Trinajstić information content (AvgIpc) is 3.26. The van der Waals surface area contributed by atoms with E-state index in [0.29, 0.717) is 30.1 Å². The van der Waals surface area contributed by atoms with Crippen LogP contribution in [-0.2, 0) is 11.3 Å². The Labute approximate surface area is 143 Å². The van der Waals surface area contributed by atoms with Crippen LogP contribution in [0.25, 0.3) is 11.4 Å². The summed E-state index contributed by atoms with van der Waals surface area (Å²) in [6.07, 6.45) is 1.82. The molecule has 8 heteroatoms. The Kier molecular flexibility index (Phi) is 4.24. The van der Waals surface area contributed by atoms with Gasteiger partial charge in [-0.1, -0.05) is 35.5 Å². The number of nitrogens with zero attached hydrogens (tertiary/aromatic N) is 4. The Bertz CT molecular complexity index is 804. The van der Waals surface area contributed by atoms with Crippen LogP contribution in [0.3, 0.4) is 0 Å². The monoisotopic (exact) mass is 343 g/mol. The molecule has 1 unspecified atom stereocenters. The van der Waals surface area contributed by atoms with E-state index in [1.807, 2.05) is 36.5 Å². The van der Waals surface area contributed by atoms with Crippen molar-refractivity contribution in [3.63, 3.8) is 0 Å². The third-order valence-electron chi connectivity index (χ3n) is 3.93. The highest BCUT2D eigenvalue weighted by atomic mass is 32.1. The Morgan fingerprint density at radius 3 is 2.96 bits per heavy atom. The van der Waals surface area contributed by atoms with Crippen molar-refractivity contribution in [1.82, 2.24) is 20.0 Å². The summed E-state index contributed by atoms with van der Waals surface area (Å²) in [6.45, 7) is 2.76. The molecule has 0 spiro atoms. The molecule has 2 N–H and O–H groups in total. The van der Waals surface area contributed by atoms with E-state index >= 15 is 0 Å². The fourth-order valence-electron chi connectivity index (χ4n) is 2.73. The molecule has 4 rings (SSSR count). The summed E-state index contributed by atoms with van der Waals surface area (Å²) in [6, 6.07) is 9.73. The summed E-state index contributed by atoms with van der Waals surface area (Å²) >= 11 is 1.50. The van der Waals surface area contributed by atoms with Crippen molar-refractivity contribution in [2.75, 3.05) is 25.5 Å². The smallest absolute Gasteiger partial charge is 0.246 e. The zero-order chi connectivity index (χ0) is 16.4. The minimum Gasteiger partial charge on any atom is -0.378 e. The lowest BCUT2D eigenvalue weighted by atomic mass is 10.2. The Morgan fingerprint density at radius 1 is 1.29 bits per heavy atom. The van der Waals surface area contributed by atoms with E-state index in [1.54, 1.807) is 0 Å². The molecule has 7 nitrogen and oxygen atoms in total. The fourth-order valence-corrected chi connectivity index (χ4v) is 3.44. The van der Waals surface area contributed by atoms with Crippen molar-refractivity contribution >= 4 is 16.5 Å². The van der Waals surface area contributed by atoms with E-state index in [1.165, 1.54) is 11.3 Å². The maximum absolute atomic E-state index is 5.72. The van der Waals surface area contributed by atoms with Crippen molar-refractivity contribution in [3.05, 3.63) is 47.3 Å². The normalized spacial score (nSPS) is 18.8. The molecule has 3 aromatic rings. The van der Waals surface area contributed by atoms with Crippen molar-refractivity contribution in [2.24, 2.45) is 0 Å². The first kappa shape index (κ1) is 15.3. The number of hydrogen-bond donors (Lipinski definition) is 1. The van der Waals surface area contributed by atoms with Crippen LogP contribution in [0.4, 0.5) is 5.13 Å². The summed E-state index contributed by atoms with van der Waals surface area (Å²) in [5.74, 6) is 1.17. The van der Waals surface area contributed by atoms with E-state index in [-0.39, 0.29) is 6.04 Å². The van der Waals surface area contributed by atoms with Crippen LogP contribution in [0.15, 0.2) is 41.1 Å². The molecule has 0 aliphatic carbocycles. The molecule has 24 heavy (non-hydrogen) atoms. The number of benzene rings is 1. The molecule has 1 aromatic carbocycles. The highest BCUT2D eigenvalue weighted by Gasteiger charge is 2.30. The lowest BCUT2D eigenvalue weighted by Gasteiger charge is -2.32. The molecule has 1 fully saturated rings. The van der Waals surface area contributed by atoms with Crippen LogP contribution in [0.1, 0.15) is 16.8 Å². The molecule has 124 valence electrons. The van der Waals surface area contributed by atoms with Crippen LogP contribution < -0.4 is 5.73 Å². The van der Waals surface area contributed by atoms with Crippen LogP contribution in [-0.4, -0.2) is 39.8 Å². The molecule has 0 bridgehead atoms. The van der Waals surface area contributed by atoms with E-state index in [4.69, 9.17) is 15.0 Å². The maximum atomic E-state index is 5.72. The Hall–Kier alpha value is -2.29. The van der Waals surface area contributed by atoms with Gasteiger partial charge in [-0.3, -0.25) is 4.90 Å². The molecule has 0 amide bonds. The zero-order valence-corrected chi connectivity index (χ0v) is 13.8. The molecule has 1 saturated heterocycles. The predicted octanol–water partition coefficient (Wildman–Crippen LogP) is 2.35. The van der Waals surface area contributed by atoms with Gasteiger partial charge in [-0.05, 0) is 0 Å². The van der Waals surface area contributed by atoms with Gasteiger partial charge in [-0.25, -0.2) is 4.98 Å². The average molecular weight is 343 g/mol. The summed E-state index contributed by atoms with van der Waals surface area (Å²) in [7, 11) is 0. The number of rotatable bonds is 4. The molecule has 0 saturated carbocycles. The highest BCUT2D eigenvalue weighted by Crippen LogP contribution is 2.28. The Balaban J connectivity index is 1.55. The van der Waals surface area contributed by atoms with Gasteiger partial charge in [0.05, 0.1) is 13.2 Å². The SMILES string of the molecule is Nc1ncc(CN2CCOCC2c2nc(-c3ccccc3)no2)s1. The van der Waals surface area contributed by atoms with Gasteiger partial charge in [-0.2, -0.15) is 4.98 Å². The minimum atomic E-state index is -0.0629. The molecular formula is C16H17N5O2S. The topological polar surface area (TPSA) is 90.3 Å². The molecule has 1 atom stereocenters. The van der Waals surface area contributed by atoms with E-state index in [9.17, 15) is 0 Å². The molecule has 0 radical (unpaired) electrons. The second-order valence-electron chi connectivity index (χ2n) is 5.55. The second kappa shape index (κ2) is 6.68. The van der Waals surface area contributed by atoms with Gasteiger partial charge < -0.3 is 15.0 Å². The summed E-state index contributed by atoms with van der Waals surface area (Å²) in [4.78, 5) is 12.1. The second-order valence-corrected chi connectivity index (χ2v) is 6.70. The van der Waals surface area contributed by atoms with Gasteiger partial charge in [0.25, 0.3) is 0 Å². The fraction of sp³-hybridized carbons (Fsp3) is 0.312. The van der Waals surface area contributed by atoms with E-state index in [0.717, 1.165) is 23.5 Å². The quantitative estimate of drug-likeness (QED) is 0.777. The van der Waals surface area contributed by atoms with Gasteiger partial charge in [-0.15, -0.1) is 11.3 Å². The van der Waals surface area contributed by atoms with Crippen molar-refractivity contribution in [3.8, 4) is 11.4 Å². The highest BCUT2D eigenvalue weighted by molar-refractivity contribution is 7.15. The molecule has 3 heterocycles. The zero-order valence-electron chi connectivity index (χ0n) is 13.0. The molecular weight excluding hydrogens is 326 g/mol. The first-order valence-corrected chi connectivity index (χ1v) is 8.52. The van der Waals surface area contributed by atoms with Gasteiger partial charge in [0.1, 0.15) is 6.04 Å². The molecule has 1 aliphatic rings. The number of hydrogen-bond acceptors (Lipinski definition) is 8.